The highest BCUT2D eigenvalue weighted by molar-refractivity contribution is 5.80. The van der Waals surface area contributed by atoms with Gasteiger partial charge in [0.1, 0.15) is 5.75 Å². The minimum Gasteiger partial charge on any atom is -0.497 e. The summed E-state index contributed by atoms with van der Waals surface area (Å²) in [5.74, 6) is 1.10. The zero-order valence-corrected chi connectivity index (χ0v) is 17.3. The van der Waals surface area contributed by atoms with Crippen molar-refractivity contribution in [3.05, 3.63) is 65.7 Å². The molecular formula is C24H30N2O3. The van der Waals surface area contributed by atoms with Crippen molar-refractivity contribution < 1.29 is 14.3 Å². The van der Waals surface area contributed by atoms with Gasteiger partial charge in [0.25, 0.3) is 0 Å². The Morgan fingerprint density at radius 2 is 1.86 bits per heavy atom. The summed E-state index contributed by atoms with van der Waals surface area (Å²) in [6.45, 7) is 6.85. The molecule has 0 aliphatic carbocycles. The van der Waals surface area contributed by atoms with E-state index in [0.29, 0.717) is 19.6 Å². The van der Waals surface area contributed by atoms with E-state index in [1.54, 1.807) is 7.11 Å². The maximum Gasteiger partial charge on any atom is 0.223 e. The first-order chi connectivity index (χ1) is 14.1. The molecule has 2 aliphatic rings. The van der Waals surface area contributed by atoms with E-state index in [9.17, 15) is 4.79 Å². The number of benzene rings is 2. The Labute approximate surface area is 173 Å². The number of hydrogen-bond acceptors (Lipinski definition) is 4. The molecule has 2 aliphatic heterocycles. The number of rotatable bonds is 5. The largest absolute Gasteiger partial charge is 0.497 e. The van der Waals surface area contributed by atoms with Crippen molar-refractivity contribution >= 4 is 5.91 Å². The Kier molecular flexibility index (Phi) is 5.88. The predicted octanol–water partition coefficient (Wildman–Crippen LogP) is 3.51. The quantitative estimate of drug-likeness (QED) is 0.778. The Morgan fingerprint density at radius 1 is 1.10 bits per heavy atom. The molecular weight excluding hydrogens is 364 g/mol. The zero-order chi connectivity index (χ0) is 20.3. The van der Waals surface area contributed by atoms with Crippen LogP contribution in [0.4, 0.5) is 0 Å². The second-order valence-corrected chi connectivity index (χ2v) is 8.40. The summed E-state index contributed by atoms with van der Waals surface area (Å²) in [4.78, 5) is 17.4. The SMILES string of the molecule is COc1ccc(CN2CCOC[C@]3(CC(=O)N([C@@H](C)c4ccccc4)C3)C2)cc1. The molecule has 154 valence electrons. The van der Waals surface area contributed by atoms with E-state index in [1.807, 2.05) is 35.2 Å². The summed E-state index contributed by atoms with van der Waals surface area (Å²) in [7, 11) is 1.68. The van der Waals surface area contributed by atoms with E-state index in [4.69, 9.17) is 9.47 Å². The van der Waals surface area contributed by atoms with E-state index < -0.39 is 0 Å². The van der Waals surface area contributed by atoms with Gasteiger partial charge in [-0.1, -0.05) is 42.5 Å². The molecule has 5 heteroatoms. The fourth-order valence-corrected chi connectivity index (χ4v) is 4.60. The van der Waals surface area contributed by atoms with Gasteiger partial charge in [0.2, 0.25) is 5.91 Å². The van der Waals surface area contributed by atoms with E-state index in [-0.39, 0.29) is 17.4 Å². The second-order valence-electron chi connectivity index (χ2n) is 8.40. The summed E-state index contributed by atoms with van der Waals surface area (Å²) in [5.41, 5.74) is 2.30. The van der Waals surface area contributed by atoms with Gasteiger partial charge >= 0.3 is 0 Å². The molecule has 1 spiro atoms. The fraction of sp³-hybridized carbons (Fsp3) is 0.458. The summed E-state index contributed by atoms with van der Waals surface area (Å²) in [5, 5.41) is 0. The van der Waals surface area contributed by atoms with Crippen molar-refractivity contribution in [2.24, 2.45) is 5.41 Å². The molecule has 0 aromatic heterocycles. The van der Waals surface area contributed by atoms with Gasteiger partial charge < -0.3 is 14.4 Å². The van der Waals surface area contributed by atoms with Crippen molar-refractivity contribution in [1.82, 2.24) is 9.80 Å². The van der Waals surface area contributed by atoms with Crippen LogP contribution in [0.25, 0.3) is 0 Å². The molecule has 2 saturated heterocycles. The molecule has 2 aromatic carbocycles. The molecule has 1 amide bonds. The van der Waals surface area contributed by atoms with Crippen LogP contribution in [0.2, 0.25) is 0 Å². The lowest BCUT2D eigenvalue weighted by atomic mass is 9.87. The lowest BCUT2D eigenvalue weighted by molar-refractivity contribution is -0.129. The van der Waals surface area contributed by atoms with E-state index in [1.165, 1.54) is 11.1 Å². The first-order valence-corrected chi connectivity index (χ1v) is 10.4. The molecule has 0 saturated carbocycles. The van der Waals surface area contributed by atoms with Crippen LogP contribution in [-0.4, -0.2) is 55.7 Å². The van der Waals surface area contributed by atoms with E-state index in [0.717, 1.165) is 31.9 Å². The van der Waals surface area contributed by atoms with Gasteiger partial charge in [0.15, 0.2) is 0 Å². The van der Waals surface area contributed by atoms with Crippen LogP contribution in [0.15, 0.2) is 54.6 Å². The smallest absolute Gasteiger partial charge is 0.223 e. The third-order valence-electron chi connectivity index (χ3n) is 6.19. The number of ether oxygens (including phenoxy) is 2. The van der Waals surface area contributed by atoms with Crippen LogP contribution in [0, 0.1) is 5.41 Å². The topological polar surface area (TPSA) is 42.0 Å². The van der Waals surface area contributed by atoms with Crippen LogP contribution in [0.1, 0.15) is 30.5 Å². The molecule has 5 nitrogen and oxygen atoms in total. The summed E-state index contributed by atoms with van der Waals surface area (Å²) in [6.07, 6.45) is 0.559. The van der Waals surface area contributed by atoms with Crippen molar-refractivity contribution in [3.63, 3.8) is 0 Å². The summed E-state index contributed by atoms with van der Waals surface area (Å²) in [6, 6.07) is 18.6. The van der Waals surface area contributed by atoms with E-state index >= 15 is 0 Å². The van der Waals surface area contributed by atoms with Gasteiger partial charge in [-0.05, 0) is 30.2 Å². The molecule has 0 unspecified atom stereocenters. The maximum atomic E-state index is 12.9. The van der Waals surface area contributed by atoms with Gasteiger partial charge in [-0.25, -0.2) is 0 Å². The minimum atomic E-state index is -0.136. The van der Waals surface area contributed by atoms with Gasteiger partial charge in [-0.3, -0.25) is 9.69 Å². The Bertz CT molecular complexity index is 824. The first kappa shape index (κ1) is 19.9. The molecule has 4 rings (SSSR count). The highest BCUT2D eigenvalue weighted by Gasteiger charge is 2.46. The number of carbonyl (C=O) groups is 1. The number of hydrogen-bond donors (Lipinski definition) is 0. The maximum absolute atomic E-state index is 12.9. The standard InChI is InChI=1S/C24H30N2O3/c1-19(21-6-4-3-5-7-21)26-17-24(14-23(26)27)16-25(12-13-29-18-24)15-20-8-10-22(28-2)11-9-20/h3-11,19H,12-18H2,1-2H3/t19-,24+/m0/s1. The third kappa shape index (κ3) is 4.46. The Balaban J connectivity index is 1.47. The van der Waals surface area contributed by atoms with Gasteiger partial charge in [0.05, 0.1) is 26.4 Å². The van der Waals surface area contributed by atoms with Crippen LogP contribution in [0.5, 0.6) is 5.75 Å². The lowest BCUT2D eigenvalue weighted by Crippen LogP contribution is -2.40. The third-order valence-corrected chi connectivity index (χ3v) is 6.19. The van der Waals surface area contributed by atoms with Crippen LogP contribution < -0.4 is 4.74 Å². The number of carbonyl (C=O) groups excluding carboxylic acids is 1. The van der Waals surface area contributed by atoms with E-state index in [2.05, 4.69) is 36.1 Å². The summed E-state index contributed by atoms with van der Waals surface area (Å²) < 4.78 is 11.2. The average molecular weight is 395 g/mol. The molecule has 0 radical (unpaired) electrons. The molecule has 2 aromatic rings. The molecule has 29 heavy (non-hydrogen) atoms. The molecule has 2 heterocycles. The lowest BCUT2D eigenvalue weighted by Gasteiger charge is -2.33. The van der Waals surface area contributed by atoms with Gasteiger partial charge in [-0.2, -0.15) is 0 Å². The molecule has 2 fully saturated rings. The minimum absolute atomic E-state index is 0.0846. The fourth-order valence-electron chi connectivity index (χ4n) is 4.60. The van der Waals surface area contributed by atoms with Crippen LogP contribution in [0.3, 0.4) is 0 Å². The Morgan fingerprint density at radius 3 is 2.59 bits per heavy atom. The molecule has 2 atom stereocenters. The summed E-state index contributed by atoms with van der Waals surface area (Å²) >= 11 is 0. The predicted molar refractivity (Wildman–Crippen MR) is 113 cm³/mol. The number of nitrogens with zero attached hydrogens (tertiary/aromatic N) is 2. The average Bonchev–Trinajstić information content (AvgIpc) is 2.94. The highest BCUT2D eigenvalue weighted by Crippen LogP contribution is 2.38. The van der Waals surface area contributed by atoms with Gasteiger partial charge in [0, 0.05) is 38.0 Å². The Hall–Kier alpha value is -2.37. The number of methoxy groups -OCH3 is 1. The van der Waals surface area contributed by atoms with Crippen molar-refractivity contribution in [2.45, 2.75) is 25.9 Å². The normalized spacial score (nSPS) is 23.9. The number of amides is 1. The van der Waals surface area contributed by atoms with Gasteiger partial charge in [-0.15, -0.1) is 0 Å². The second kappa shape index (κ2) is 8.56. The molecule has 0 N–H and O–H groups in total. The highest BCUT2D eigenvalue weighted by atomic mass is 16.5. The van der Waals surface area contributed by atoms with Crippen molar-refractivity contribution in [1.29, 1.82) is 0 Å². The van der Waals surface area contributed by atoms with Crippen LogP contribution in [-0.2, 0) is 16.1 Å². The first-order valence-electron chi connectivity index (χ1n) is 10.4. The van der Waals surface area contributed by atoms with Crippen LogP contribution >= 0.6 is 0 Å². The zero-order valence-electron chi connectivity index (χ0n) is 17.3. The number of likely N-dealkylation sites (tertiary alicyclic amines) is 1. The van der Waals surface area contributed by atoms with Crippen molar-refractivity contribution in [3.8, 4) is 5.75 Å². The van der Waals surface area contributed by atoms with Crippen molar-refractivity contribution in [2.75, 3.05) is 40.0 Å². The monoisotopic (exact) mass is 394 g/mol. The molecule has 0 bridgehead atoms.